The molecule has 2 rings (SSSR count). The highest BCUT2D eigenvalue weighted by atomic mass is 16.7. The van der Waals surface area contributed by atoms with E-state index < -0.39 is 86.8 Å². The van der Waals surface area contributed by atoms with Gasteiger partial charge in [0.2, 0.25) is 5.91 Å². The Kier molecular flexibility index (Phi) is 40.7. The van der Waals surface area contributed by atoms with E-state index in [4.69, 9.17) is 18.9 Å². The van der Waals surface area contributed by atoms with Crippen LogP contribution in [0.25, 0.3) is 0 Å². The molecule has 0 spiro atoms. The molecule has 0 aromatic rings. The maximum Gasteiger partial charge on any atom is 0.220 e. The van der Waals surface area contributed by atoms with Gasteiger partial charge in [-0.2, -0.15) is 0 Å². The van der Waals surface area contributed by atoms with Crippen molar-refractivity contribution in [2.24, 2.45) is 0 Å². The van der Waals surface area contributed by atoms with Crippen molar-refractivity contribution in [1.82, 2.24) is 5.32 Å². The average molecular weight is 1020 g/mol. The fraction of sp³-hybridized carbons (Fsp3) is 0.947. The van der Waals surface area contributed by atoms with E-state index >= 15 is 0 Å². The number of unbranched alkanes of at least 4 members (excludes halogenated alkanes) is 32. The molecule has 2 aliphatic heterocycles. The highest BCUT2D eigenvalue weighted by Crippen LogP contribution is 2.30. The molecule has 0 aromatic heterocycles. The molecule has 0 bridgehead atoms. The maximum atomic E-state index is 13.1. The number of hydrogen-bond donors (Lipinski definition) is 9. The van der Waals surface area contributed by atoms with Crippen molar-refractivity contribution in [3.05, 3.63) is 12.2 Å². The molecule has 2 saturated heterocycles. The van der Waals surface area contributed by atoms with E-state index in [1.165, 1.54) is 173 Å². The quantitative estimate of drug-likeness (QED) is 0.0205. The van der Waals surface area contributed by atoms with Gasteiger partial charge < -0.3 is 65.1 Å². The van der Waals surface area contributed by atoms with E-state index in [0.29, 0.717) is 12.8 Å². The van der Waals surface area contributed by atoms with Gasteiger partial charge in [0.1, 0.15) is 48.8 Å². The Morgan fingerprint density at radius 1 is 0.493 bits per heavy atom. The first kappa shape index (κ1) is 65.8. The first-order valence-corrected chi connectivity index (χ1v) is 29.4. The Morgan fingerprint density at radius 2 is 0.887 bits per heavy atom. The van der Waals surface area contributed by atoms with Crippen molar-refractivity contribution in [2.45, 2.75) is 325 Å². The van der Waals surface area contributed by atoms with Gasteiger partial charge in [0.25, 0.3) is 0 Å². The highest BCUT2D eigenvalue weighted by molar-refractivity contribution is 5.76. The van der Waals surface area contributed by atoms with Gasteiger partial charge in [0, 0.05) is 6.42 Å². The summed E-state index contributed by atoms with van der Waals surface area (Å²) in [5.74, 6) is -0.211. The van der Waals surface area contributed by atoms with E-state index in [-0.39, 0.29) is 12.5 Å². The molecule has 2 heterocycles. The zero-order valence-electron chi connectivity index (χ0n) is 45.0. The minimum Gasteiger partial charge on any atom is -0.394 e. The normalized spacial score (nSPS) is 25.8. The summed E-state index contributed by atoms with van der Waals surface area (Å²) < 4.78 is 22.6. The van der Waals surface area contributed by atoms with Crippen LogP contribution in [0.3, 0.4) is 0 Å². The molecule has 71 heavy (non-hydrogen) atoms. The zero-order valence-corrected chi connectivity index (χ0v) is 45.0. The lowest BCUT2D eigenvalue weighted by Gasteiger charge is -2.46. The fourth-order valence-corrected chi connectivity index (χ4v) is 9.94. The second kappa shape index (κ2) is 43.9. The summed E-state index contributed by atoms with van der Waals surface area (Å²) in [6.07, 6.45) is 33.4. The molecule has 2 fully saturated rings. The number of hydrogen-bond acceptors (Lipinski definition) is 13. The van der Waals surface area contributed by atoms with Crippen LogP contribution < -0.4 is 5.32 Å². The number of amides is 1. The van der Waals surface area contributed by atoms with Gasteiger partial charge in [0.15, 0.2) is 12.6 Å². The van der Waals surface area contributed by atoms with E-state index in [9.17, 15) is 45.6 Å². The number of rotatable bonds is 47. The number of nitrogens with one attached hydrogen (secondary N) is 1. The largest absolute Gasteiger partial charge is 0.394 e. The number of allylic oxidation sites excluding steroid dienone is 2. The van der Waals surface area contributed by atoms with Gasteiger partial charge in [-0.25, -0.2) is 0 Å². The van der Waals surface area contributed by atoms with Gasteiger partial charge in [-0.05, 0) is 38.5 Å². The molecule has 1 amide bonds. The third kappa shape index (κ3) is 30.2. The van der Waals surface area contributed by atoms with Crippen molar-refractivity contribution >= 4 is 5.91 Å². The van der Waals surface area contributed by atoms with Crippen LogP contribution in [0.1, 0.15) is 251 Å². The summed E-state index contributed by atoms with van der Waals surface area (Å²) in [6, 6.07) is -0.820. The summed E-state index contributed by atoms with van der Waals surface area (Å²) >= 11 is 0. The molecule has 2 aliphatic rings. The second-order valence-electron chi connectivity index (χ2n) is 21.1. The van der Waals surface area contributed by atoms with Crippen LogP contribution >= 0.6 is 0 Å². The third-order valence-corrected chi connectivity index (χ3v) is 14.7. The smallest absolute Gasteiger partial charge is 0.220 e. The Morgan fingerprint density at radius 3 is 1.34 bits per heavy atom. The van der Waals surface area contributed by atoms with Gasteiger partial charge in [0.05, 0.1) is 32.0 Å². The lowest BCUT2D eigenvalue weighted by molar-refractivity contribution is -0.359. The lowest BCUT2D eigenvalue weighted by Crippen LogP contribution is -2.65. The topological polar surface area (TPSA) is 228 Å². The van der Waals surface area contributed by atoms with E-state index in [1.807, 2.05) is 0 Å². The molecule has 0 radical (unpaired) electrons. The molecule has 0 aromatic carbocycles. The minimum atomic E-state index is -1.78. The number of carbonyl (C=O) groups excluding carboxylic acids is 1. The van der Waals surface area contributed by atoms with Gasteiger partial charge in [-0.3, -0.25) is 4.79 Å². The van der Waals surface area contributed by atoms with Crippen LogP contribution in [0, 0.1) is 0 Å². The van der Waals surface area contributed by atoms with Crippen molar-refractivity contribution in [3.63, 3.8) is 0 Å². The number of aliphatic hydroxyl groups excluding tert-OH is 8. The third-order valence-electron chi connectivity index (χ3n) is 14.7. The number of carbonyl (C=O) groups is 1. The van der Waals surface area contributed by atoms with Gasteiger partial charge in [-0.15, -0.1) is 0 Å². The van der Waals surface area contributed by atoms with Crippen molar-refractivity contribution in [3.8, 4) is 0 Å². The Labute approximate surface area is 431 Å². The Hall–Kier alpha value is -1.27. The van der Waals surface area contributed by atoms with Crippen molar-refractivity contribution < 1.29 is 64.6 Å². The SMILES string of the molecule is CCCCCCCCCC/C=C\CCCCCCCCCCCCCCCCCCCCCCCC(=O)NC(COC1OC(CO)C(OC2OC(CO)C(O)C(O)C2O)C(O)C1O)C(O)CCCCCC. The predicted octanol–water partition coefficient (Wildman–Crippen LogP) is 9.50. The van der Waals surface area contributed by atoms with Crippen LogP contribution in [0.4, 0.5) is 0 Å². The van der Waals surface area contributed by atoms with Crippen molar-refractivity contribution in [2.75, 3.05) is 19.8 Å². The molecule has 9 N–H and O–H groups in total. The monoisotopic (exact) mass is 1020 g/mol. The lowest BCUT2D eigenvalue weighted by atomic mass is 9.97. The highest BCUT2D eigenvalue weighted by Gasteiger charge is 2.51. The summed E-state index contributed by atoms with van der Waals surface area (Å²) in [5.41, 5.74) is 0. The van der Waals surface area contributed by atoms with E-state index in [0.717, 1.165) is 51.4 Å². The molecular weight excluding hydrogens is 907 g/mol. The fourth-order valence-electron chi connectivity index (χ4n) is 9.94. The molecule has 0 aliphatic carbocycles. The minimum absolute atomic E-state index is 0.211. The number of aliphatic hydroxyl groups is 8. The molecule has 0 saturated carbocycles. The number of ether oxygens (including phenoxy) is 4. The van der Waals surface area contributed by atoms with E-state index in [2.05, 4.69) is 31.3 Å². The molecule has 14 nitrogen and oxygen atoms in total. The molecule has 12 atom stereocenters. The average Bonchev–Trinajstić information content (AvgIpc) is 3.37. The van der Waals surface area contributed by atoms with Crippen LogP contribution in [-0.2, 0) is 23.7 Å². The second-order valence-corrected chi connectivity index (χ2v) is 21.1. The first-order chi connectivity index (χ1) is 34.6. The summed E-state index contributed by atoms with van der Waals surface area (Å²) in [4.78, 5) is 13.1. The standard InChI is InChI=1S/C57H109NO13/c1-3-5-7-9-10-11-12-13-14-15-16-17-18-19-20-21-22-23-24-25-26-27-28-29-30-31-32-33-34-35-36-37-39-41-49(62)58-45(46(61)40-38-8-6-4-2)44-68-56-54(67)52(65)55(48(43-60)70-56)71-57-53(66)51(64)50(63)47(42-59)69-57/h15-16,45-48,50-57,59-61,63-67H,3-14,17-44H2,1-2H3,(H,58,62)/b16-15-. The van der Waals surface area contributed by atoms with Crippen LogP contribution in [0.5, 0.6) is 0 Å². The first-order valence-electron chi connectivity index (χ1n) is 29.4. The Bertz CT molecular complexity index is 1240. The molecule has 420 valence electrons. The van der Waals surface area contributed by atoms with Crippen molar-refractivity contribution in [1.29, 1.82) is 0 Å². The maximum absolute atomic E-state index is 13.1. The summed E-state index contributed by atoms with van der Waals surface area (Å²) in [5, 5.41) is 86.3. The van der Waals surface area contributed by atoms with Gasteiger partial charge in [-0.1, -0.05) is 219 Å². The molecule has 12 unspecified atom stereocenters. The van der Waals surface area contributed by atoms with E-state index in [1.54, 1.807) is 0 Å². The summed E-state index contributed by atoms with van der Waals surface area (Å²) in [7, 11) is 0. The summed E-state index contributed by atoms with van der Waals surface area (Å²) in [6.45, 7) is 2.74. The predicted molar refractivity (Wildman–Crippen MR) is 282 cm³/mol. The Balaban J connectivity index is 1.50. The molecule has 14 heteroatoms. The zero-order chi connectivity index (χ0) is 51.7. The van der Waals surface area contributed by atoms with Crippen LogP contribution in [0.15, 0.2) is 12.2 Å². The van der Waals surface area contributed by atoms with Crippen LogP contribution in [0.2, 0.25) is 0 Å². The molecular formula is C57H109NO13. The van der Waals surface area contributed by atoms with Gasteiger partial charge >= 0.3 is 0 Å². The van der Waals surface area contributed by atoms with Crippen LogP contribution in [-0.4, -0.2) is 140 Å².